The van der Waals surface area contributed by atoms with Crippen molar-refractivity contribution in [3.8, 4) is 0 Å². The molecular formula is C16H30BN4O5. The first-order chi connectivity index (χ1) is 12.3. The van der Waals surface area contributed by atoms with Crippen LogP contribution in [0.15, 0.2) is 0 Å². The quantitative estimate of drug-likeness (QED) is 0.383. The van der Waals surface area contributed by atoms with Gasteiger partial charge in [-0.1, -0.05) is 6.92 Å². The molecule has 0 aromatic rings. The summed E-state index contributed by atoms with van der Waals surface area (Å²) in [6.45, 7) is 6.82. The van der Waals surface area contributed by atoms with Gasteiger partial charge in [0.2, 0.25) is 0 Å². The van der Waals surface area contributed by atoms with E-state index < -0.39 is 11.9 Å². The fourth-order valence-electron chi connectivity index (χ4n) is 2.98. The van der Waals surface area contributed by atoms with Crippen LogP contribution in [-0.4, -0.2) is 134 Å². The fraction of sp³-hybridized carbons (Fsp3) is 0.812. The summed E-state index contributed by atoms with van der Waals surface area (Å²) < 4.78 is 0. The molecule has 0 aromatic carbocycles. The zero-order chi connectivity index (χ0) is 19.5. The molecule has 1 unspecified atom stereocenters. The molecule has 0 saturated carbocycles. The van der Waals surface area contributed by atoms with E-state index in [-0.39, 0.29) is 19.0 Å². The topological polar surface area (TPSA) is 105 Å². The number of carboxylic acids is 2. The van der Waals surface area contributed by atoms with Crippen LogP contribution >= 0.6 is 0 Å². The molecule has 1 rings (SSSR count). The van der Waals surface area contributed by atoms with E-state index in [9.17, 15) is 14.4 Å². The maximum Gasteiger partial charge on any atom is 0.317 e. The van der Waals surface area contributed by atoms with Crippen LogP contribution in [0.1, 0.15) is 6.92 Å². The zero-order valence-electron chi connectivity index (χ0n) is 15.5. The van der Waals surface area contributed by atoms with Gasteiger partial charge in [-0.3, -0.25) is 24.3 Å². The molecule has 1 radical (unpaired) electrons. The molecule has 1 saturated heterocycles. The van der Waals surface area contributed by atoms with E-state index in [1.807, 2.05) is 16.7 Å². The molecular weight excluding hydrogens is 339 g/mol. The minimum atomic E-state index is -0.916. The maximum atomic E-state index is 11.1. The van der Waals surface area contributed by atoms with Gasteiger partial charge >= 0.3 is 11.9 Å². The van der Waals surface area contributed by atoms with Gasteiger partial charge in [0.05, 0.1) is 19.6 Å². The third-order valence-corrected chi connectivity index (χ3v) is 4.55. The Balaban J connectivity index is 2.84. The second-order valence-electron chi connectivity index (χ2n) is 6.69. The van der Waals surface area contributed by atoms with Crippen molar-refractivity contribution >= 4 is 26.1 Å². The highest BCUT2D eigenvalue weighted by Crippen LogP contribution is 2.02. The fourth-order valence-corrected chi connectivity index (χ4v) is 2.98. The average molecular weight is 369 g/mol. The number of aliphatic carboxylic acids is 2. The van der Waals surface area contributed by atoms with E-state index in [2.05, 4.69) is 12.7 Å². The molecule has 2 N–H and O–H groups in total. The first kappa shape index (κ1) is 22.6. The summed E-state index contributed by atoms with van der Waals surface area (Å²) in [7, 11) is 4.06. The number of hydrogen-bond acceptors (Lipinski definition) is 7. The molecule has 1 aliphatic rings. The Kier molecular flexibility index (Phi) is 10.4. The summed E-state index contributed by atoms with van der Waals surface area (Å²) >= 11 is 0. The van der Waals surface area contributed by atoms with Gasteiger partial charge in [-0.05, 0) is 5.94 Å². The van der Waals surface area contributed by atoms with Crippen molar-refractivity contribution in [1.82, 2.24) is 19.6 Å². The number of carbonyl (C=O) groups is 3. The van der Waals surface area contributed by atoms with Gasteiger partial charge in [0, 0.05) is 52.4 Å². The van der Waals surface area contributed by atoms with Crippen LogP contribution in [0.2, 0.25) is 0 Å². The summed E-state index contributed by atoms with van der Waals surface area (Å²) in [6, 6.07) is 0. The Morgan fingerprint density at radius 3 is 1.65 bits per heavy atom. The monoisotopic (exact) mass is 369 g/mol. The lowest BCUT2D eigenvalue weighted by atomic mass is 9.97. The number of hydrogen-bond donors (Lipinski definition) is 2. The molecule has 0 spiro atoms. The first-order valence-electron chi connectivity index (χ1n) is 8.93. The van der Waals surface area contributed by atoms with E-state index in [1.165, 1.54) is 0 Å². The largest absolute Gasteiger partial charge is 0.480 e. The number of nitrogens with zero attached hydrogens (tertiary/aromatic N) is 4. The van der Waals surface area contributed by atoms with Crippen LogP contribution in [0, 0.1) is 0 Å². The number of carbonyl (C=O) groups excluding carboxylic acids is 1. The van der Waals surface area contributed by atoms with Crippen molar-refractivity contribution < 1.29 is 24.6 Å². The highest BCUT2D eigenvalue weighted by atomic mass is 16.4. The molecule has 1 heterocycles. The van der Waals surface area contributed by atoms with Crippen molar-refractivity contribution in [2.75, 3.05) is 72.0 Å². The van der Waals surface area contributed by atoms with Crippen molar-refractivity contribution in [2.45, 2.75) is 12.9 Å². The Morgan fingerprint density at radius 1 is 0.885 bits per heavy atom. The van der Waals surface area contributed by atoms with Crippen LogP contribution in [0.4, 0.5) is 0 Å². The Morgan fingerprint density at radius 2 is 1.27 bits per heavy atom. The van der Waals surface area contributed by atoms with Gasteiger partial charge < -0.3 is 19.9 Å². The predicted molar refractivity (Wildman–Crippen MR) is 98.8 cm³/mol. The summed E-state index contributed by atoms with van der Waals surface area (Å²) in [5.74, 6) is -1.74. The minimum absolute atomic E-state index is 0.0719. The lowest BCUT2D eigenvalue weighted by molar-refractivity contribution is -0.140. The van der Waals surface area contributed by atoms with Gasteiger partial charge in [0.25, 0.3) is 0 Å². The summed E-state index contributed by atoms with van der Waals surface area (Å²) in [4.78, 5) is 40.9. The van der Waals surface area contributed by atoms with E-state index >= 15 is 0 Å². The molecule has 0 aromatic heterocycles. The Labute approximate surface area is 155 Å². The van der Waals surface area contributed by atoms with Crippen molar-refractivity contribution in [1.29, 1.82) is 0 Å². The van der Waals surface area contributed by atoms with Crippen molar-refractivity contribution in [3.05, 3.63) is 0 Å². The number of carboxylic acid groups (broad SMARTS) is 2. The van der Waals surface area contributed by atoms with Crippen LogP contribution in [0.25, 0.3) is 0 Å². The molecule has 1 atom stereocenters. The lowest BCUT2D eigenvalue weighted by Crippen LogP contribution is -2.49. The Bertz CT molecular complexity index is 466. The van der Waals surface area contributed by atoms with Gasteiger partial charge in [0.1, 0.15) is 14.1 Å². The minimum Gasteiger partial charge on any atom is -0.480 e. The maximum absolute atomic E-state index is 11.1. The molecule has 147 valence electrons. The standard InChI is InChI=1S/C16H30BN4O5/c1-14(17)21-8-6-18(10-11-22)2-3-19(12-15(23)24)4-5-20(7-9-21)13-16(25)26/h11,14,17H,2-10,12-13H2,1H3,(H,23,24)(H,25,26). The second-order valence-corrected chi connectivity index (χ2v) is 6.69. The normalized spacial score (nSPS) is 21.4. The highest BCUT2D eigenvalue weighted by Gasteiger charge is 2.19. The van der Waals surface area contributed by atoms with Gasteiger partial charge in [0.15, 0.2) is 0 Å². The van der Waals surface area contributed by atoms with Crippen molar-refractivity contribution in [2.24, 2.45) is 0 Å². The first-order valence-corrected chi connectivity index (χ1v) is 8.93. The van der Waals surface area contributed by atoms with E-state index in [0.717, 1.165) is 12.8 Å². The molecule has 0 amide bonds. The molecule has 1 fully saturated rings. The van der Waals surface area contributed by atoms with Gasteiger partial charge in [-0.15, -0.1) is 0 Å². The molecule has 10 heteroatoms. The van der Waals surface area contributed by atoms with Crippen LogP contribution < -0.4 is 0 Å². The molecule has 0 bridgehead atoms. The molecule has 26 heavy (non-hydrogen) atoms. The number of aldehydes is 1. The zero-order valence-corrected chi connectivity index (χ0v) is 15.5. The van der Waals surface area contributed by atoms with Crippen LogP contribution in [0.3, 0.4) is 0 Å². The van der Waals surface area contributed by atoms with Crippen LogP contribution in [-0.2, 0) is 14.4 Å². The lowest BCUT2D eigenvalue weighted by Gasteiger charge is -2.34. The second kappa shape index (κ2) is 12.0. The number of rotatable bonds is 7. The van der Waals surface area contributed by atoms with E-state index in [4.69, 9.17) is 10.2 Å². The Hall–Kier alpha value is -1.49. The molecule has 0 aliphatic carbocycles. The SMILES string of the molecule is [BH]C(C)N1CCN(CC=O)CCN(CC(=O)O)CCN(CC(=O)O)CC1. The van der Waals surface area contributed by atoms with E-state index in [0.29, 0.717) is 52.4 Å². The highest BCUT2D eigenvalue weighted by molar-refractivity contribution is 6.11. The molecule has 9 nitrogen and oxygen atoms in total. The summed E-state index contributed by atoms with van der Waals surface area (Å²) in [5.41, 5.74) is 0. The van der Waals surface area contributed by atoms with Gasteiger partial charge in [-0.25, -0.2) is 0 Å². The van der Waals surface area contributed by atoms with E-state index in [1.54, 1.807) is 4.90 Å². The summed E-state index contributed by atoms with van der Waals surface area (Å²) in [5, 5.41) is 18.2. The predicted octanol–water partition coefficient (Wildman–Crippen LogP) is -2.18. The van der Waals surface area contributed by atoms with Crippen molar-refractivity contribution in [3.63, 3.8) is 0 Å². The van der Waals surface area contributed by atoms with Gasteiger partial charge in [-0.2, -0.15) is 0 Å². The smallest absolute Gasteiger partial charge is 0.317 e. The molecule has 1 aliphatic heterocycles. The van der Waals surface area contributed by atoms with Crippen LogP contribution in [0.5, 0.6) is 0 Å². The third kappa shape index (κ3) is 9.28. The average Bonchev–Trinajstić information content (AvgIpc) is 2.53. The summed E-state index contributed by atoms with van der Waals surface area (Å²) in [6.07, 6.45) is 0.861. The third-order valence-electron chi connectivity index (χ3n) is 4.55.